The summed E-state index contributed by atoms with van der Waals surface area (Å²) in [6, 6.07) is 11.5. The third-order valence-corrected chi connectivity index (χ3v) is 6.89. The van der Waals surface area contributed by atoms with Gasteiger partial charge in [-0.05, 0) is 74.2 Å². The molecule has 1 aliphatic heterocycles. The minimum Gasteiger partial charge on any atom is -0.350 e. The molecule has 27 heavy (non-hydrogen) atoms. The lowest BCUT2D eigenvalue weighted by atomic mass is 10.0. The van der Waals surface area contributed by atoms with Crippen molar-refractivity contribution in [3.05, 3.63) is 58.6 Å². The number of sulfonamides is 1. The van der Waals surface area contributed by atoms with Crippen LogP contribution in [0.3, 0.4) is 0 Å². The zero-order valence-corrected chi connectivity index (χ0v) is 17.0. The molecule has 0 spiro atoms. The summed E-state index contributed by atoms with van der Waals surface area (Å²) in [6.45, 7) is 4.38. The van der Waals surface area contributed by atoms with Crippen LogP contribution < -0.4 is 9.62 Å². The maximum absolute atomic E-state index is 13.1. The minimum absolute atomic E-state index is 0.0929. The number of rotatable bonds is 5. The molecule has 0 fully saturated rings. The molecule has 7 heteroatoms. The van der Waals surface area contributed by atoms with Crippen LogP contribution in [0.4, 0.5) is 5.69 Å². The lowest BCUT2D eigenvalue weighted by Crippen LogP contribution is -2.36. The van der Waals surface area contributed by atoms with Crippen LogP contribution in [0.2, 0.25) is 5.02 Å². The van der Waals surface area contributed by atoms with Crippen molar-refractivity contribution in [1.29, 1.82) is 0 Å². The lowest BCUT2D eigenvalue weighted by Gasteiger charge is -2.31. The fourth-order valence-electron chi connectivity index (χ4n) is 3.10. The van der Waals surface area contributed by atoms with E-state index in [0.717, 1.165) is 18.4 Å². The molecular weight excluding hydrogens is 384 g/mol. The quantitative estimate of drug-likeness (QED) is 0.815. The van der Waals surface area contributed by atoms with Gasteiger partial charge in [0.15, 0.2) is 0 Å². The molecule has 0 saturated heterocycles. The number of halogens is 1. The second-order valence-corrected chi connectivity index (χ2v) is 9.06. The Labute approximate surface area is 165 Å². The van der Waals surface area contributed by atoms with Crippen molar-refractivity contribution in [3.8, 4) is 0 Å². The first-order valence-electron chi connectivity index (χ1n) is 9.05. The van der Waals surface area contributed by atoms with Gasteiger partial charge >= 0.3 is 0 Å². The Hall–Kier alpha value is -2.05. The molecule has 1 aliphatic rings. The van der Waals surface area contributed by atoms with E-state index in [1.165, 1.54) is 16.4 Å². The molecule has 5 nitrogen and oxygen atoms in total. The molecule has 0 radical (unpaired) electrons. The van der Waals surface area contributed by atoms with Crippen LogP contribution in [-0.2, 0) is 16.4 Å². The predicted octanol–water partition coefficient (Wildman–Crippen LogP) is 4.01. The summed E-state index contributed by atoms with van der Waals surface area (Å²) in [5.74, 6) is -0.134. The molecule has 0 aromatic heterocycles. The number of nitrogens with zero attached hydrogens (tertiary/aromatic N) is 1. The molecule has 1 N–H and O–H groups in total. The van der Waals surface area contributed by atoms with Gasteiger partial charge in [-0.25, -0.2) is 8.42 Å². The van der Waals surface area contributed by atoms with E-state index in [1.54, 1.807) is 30.3 Å². The van der Waals surface area contributed by atoms with Crippen LogP contribution in [0.15, 0.2) is 47.4 Å². The number of nitrogens with one attached hydrogen (secondary N) is 1. The first-order valence-corrected chi connectivity index (χ1v) is 10.9. The number of aryl methyl sites for hydroxylation is 1. The lowest BCUT2D eigenvalue weighted by molar-refractivity contribution is 0.0939. The summed E-state index contributed by atoms with van der Waals surface area (Å²) in [6.07, 6.45) is 2.30. The average Bonchev–Trinajstić information content (AvgIpc) is 2.67. The summed E-state index contributed by atoms with van der Waals surface area (Å²) in [7, 11) is -3.67. The molecule has 2 aromatic rings. The molecule has 0 aliphatic carbocycles. The molecule has 144 valence electrons. The van der Waals surface area contributed by atoms with E-state index in [0.29, 0.717) is 29.2 Å². The molecule has 0 unspecified atom stereocenters. The molecule has 0 saturated carbocycles. The third-order valence-electron chi connectivity index (χ3n) is 4.81. The highest BCUT2D eigenvalue weighted by atomic mass is 35.5. The topological polar surface area (TPSA) is 66.5 Å². The van der Waals surface area contributed by atoms with Gasteiger partial charge in [0.1, 0.15) is 0 Å². The number of fused-ring (bicyclic) bond motifs is 1. The second kappa shape index (κ2) is 7.90. The molecule has 3 rings (SSSR count). The summed E-state index contributed by atoms with van der Waals surface area (Å²) in [5.41, 5.74) is 2.06. The monoisotopic (exact) mass is 406 g/mol. The Balaban J connectivity index is 1.93. The summed E-state index contributed by atoms with van der Waals surface area (Å²) in [5, 5.41) is 3.43. The largest absolute Gasteiger partial charge is 0.350 e. The Morgan fingerprint density at radius 1 is 1.22 bits per heavy atom. The van der Waals surface area contributed by atoms with Crippen molar-refractivity contribution in [2.45, 2.75) is 44.0 Å². The first-order chi connectivity index (χ1) is 12.8. The van der Waals surface area contributed by atoms with E-state index in [-0.39, 0.29) is 16.8 Å². The number of carbonyl (C=O) groups excluding carboxylic acids is 1. The van der Waals surface area contributed by atoms with Crippen LogP contribution in [0.5, 0.6) is 0 Å². The van der Waals surface area contributed by atoms with Gasteiger partial charge in [-0.2, -0.15) is 0 Å². The van der Waals surface area contributed by atoms with Crippen LogP contribution >= 0.6 is 11.6 Å². The summed E-state index contributed by atoms with van der Waals surface area (Å²) in [4.78, 5) is 12.6. The maximum atomic E-state index is 13.1. The van der Waals surface area contributed by atoms with Crippen LogP contribution in [-0.4, -0.2) is 26.9 Å². The van der Waals surface area contributed by atoms with Crippen molar-refractivity contribution in [1.82, 2.24) is 5.32 Å². The van der Waals surface area contributed by atoms with E-state index in [1.807, 2.05) is 13.8 Å². The van der Waals surface area contributed by atoms with E-state index in [4.69, 9.17) is 11.6 Å². The Morgan fingerprint density at radius 3 is 2.59 bits per heavy atom. The highest BCUT2D eigenvalue weighted by molar-refractivity contribution is 7.92. The van der Waals surface area contributed by atoms with Gasteiger partial charge in [0.05, 0.1) is 10.6 Å². The van der Waals surface area contributed by atoms with Crippen LogP contribution in [0, 0.1) is 0 Å². The number of hydrogen-bond donors (Lipinski definition) is 1. The zero-order chi connectivity index (χ0) is 19.6. The standard InChI is InChI=1S/C20H23ClN2O3S/c1-3-14(2)22-20(24)16-6-11-19-15(13-16)5-4-12-23(19)27(25,26)18-9-7-17(21)8-10-18/h6-11,13-14H,3-5,12H2,1-2H3,(H,22,24)/t14-/m0/s1. The molecule has 0 bridgehead atoms. The van der Waals surface area contributed by atoms with E-state index in [9.17, 15) is 13.2 Å². The molecule has 1 atom stereocenters. The fraction of sp³-hybridized carbons (Fsp3) is 0.350. The van der Waals surface area contributed by atoms with E-state index < -0.39 is 10.0 Å². The molecule has 1 heterocycles. The van der Waals surface area contributed by atoms with Gasteiger partial charge in [-0.1, -0.05) is 18.5 Å². The highest BCUT2D eigenvalue weighted by Crippen LogP contribution is 2.33. The van der Waals surface area contributed by atoms with Crippen LogP contribution in [0.1, 0.15) is 42.6 Å². The maximum Gasteiger partial charge on any atom is 0.264 e. The normalized spacial score (nSPS) is 15.1. The van der Waals surface area contributed by atoms with Gasteiger partial charge < -0.3 is 5.32 Å². The average molecular weight is 407 g/mol. The molecular formula is C20H23ClN2O3S. The minimum atomic E-state index is -3.67. The van der Waals surface area contributed by atoms with Crippen molar-refractivity contribution < 1.29 is 13.2 Å². The third kappa shape index (κ3) is 4.12. The molecule has 2 aromatic carbocycles. The SMILES string of the molecule is CC[C@H](C)NC(=O)c1ccc2c(c1)CCCN2S(=O)(=O)c1ccc(Cl)cc1. The van der Waals surface area contributed by atoms with Crippen LogP contribution in [0.25, 0.3) is 0 Å². The van der Waals surface area contributed by atoms with E-state index >= 15 is 0 Å². The van der Waals surface area contributed by atoms with Gasteiger partial charge in [-0.15, -0.1) is 0 Å². The zero-order valence-electron chi connectivity index (χ0n) is 15.4. The van der Waals surface area contributed by atoms with Gasteiger partial charge in [0, 0.05) is 23.2 Å². The van der Waals surface area contributed by atoms with Crippen molar-refractivity contribution >= 4 is 33.2 Å². The number of amides is 1. The summed E-state index contributed by atoms with van der Waals surface area (Å²) < 4.78 is 27.6. The van der Waals surface area contributed by atoms with E-state index in [2.05, 4.69) is 5.32 Å². The summed E-state index contributed by atoms with van der Waals surface area (Å²) >= 11 is 5.88. The smallest absolute Gasteiger partial charge is 0.264 e. The Bertz CT molecular complexity index is 942. The van der Waals surface area contributed by atoms with Crippen molar-refractivity contribution in [2.24, 2.45) is 0 Å². The van der Waals surface area contributed by atoms with Gasteiger partial charge in [-0.3, -0.25) is 9.10 Å². The highest BCUT2D eigenvalue weighted by Gasteiger charge is 2.29. The van der Waals surface area contributed by atoms with Gasteiger partial charge in [0.25, 0.3) is 15.9 Å². The Morgan fingerprint density at radius 2 is 1.93 bits per heavy atom. The molecule has 1 amide bonds. The first kappa shape index (κ1) is 19.7. The predicted molar refractivity (Wildman–Crippen MR) is 108 cm³/mol. The van der Waals surface area contributed by atoms with Gasteiger partial charge in [0.2, 0.25) is 0 Å². The Kier molecular flexibility index (Phi) is 5.77. The number of benzene rings is 2. The van der Waals surface area contributed by atoms with Crippen molar-refractivity contribution in [3.63, 3.8) is 0 Å². The second-order valence-electron chi connectivity index (χ2n) is 6.76. The number of carbonyl (C=O) groups is 1. The number of hydrogen-bond acceptors (Lipinski definition) is 3. The number of anilines is 1. The van der Waals surface area contributed by atoms with Crippen molar-refractivity contribution in [2.75, 3.05) is 10.8 Å². The fourth-order valence-corrected chi connectivity index (χ4v) is 4.76.